The monoisotopic (exact) mass is 620 g/mol. The zero-order chi connectivity index (χ0) is 30.9. The van der Waals surface area contributed by atoms with Crippen molar-refractivity contribution in [2.45, 2.75) is 49.5 Å². The maximum Gasteiger partial charge on any atom is 0.245 e. The number of rotatable bonds is 11. The molecule has 12 heteroatoms. The first-order valence-corrected chi connectivity index (χ1v) is 16.8. The van der Waals surface area contributed by atoms with Crippen LogP contribution in [0.1, 0.15) is 38.5 Å². The number of benzene rings is 2. The van der Waals surface area contributed by atoms with Crippen LogP contribution in [0.3, 0.4) is 0 Å². The Morgan fingerprint density at radius 2 is 1.66 bits per heavy atom. The van der Waals surface area contributed by atoms with E-state index in [-0.39, 0.29) is 35.6 Å². The van der Waals surface area contributed by atoms with Crippen molar-refractivity contribution in [1.29, 1.82) is 0 Å². The van der Waals surface area contributed by atoms with E-state index >= 15 is 0 Å². The van der Waals surface area contributed by atoms with E-state index in [1.165, 1.54) is 6.07 Å². The van der Waals surface area contributed by atoms with Crippen LogP contribution in [-0.4, -0.2) is 81.3 Å². The van der Waals surface area contributed by atoms with Crippen molar-refractivity contribution in [3.05, 3.63) is 67.0 Å². The highest BCUT2D eigenvalue weighted by Crippen LogP contribution is 2.22. The van der Waals surface area contributed by atoms with Gasteiger partial charge in [0.25, 0.3) is 0 Å². The van der Waals surface area contributed by atoms with Gasteiger partial charge in [-0.2, -0.15) is 0 Å². The predicted molar refractivity (Wildman–Crippen MR) is 168 cm³/mol. The Bertz CT molecular complexity index is 1560. The second-order valence-corrected chi connectivity index (χ2v) is 13.1. The number of anilines is 1. The summed E-state index contributed by atoms with van der Waals surface area (Å²) < 4.78 is 28.4. The van der Waals surface area contributed by atoms with Crippen molar-refractivity contribution in [2.75, 3.05) is 44.2 Å². The lowest BCUT2D eigenvalue weighted by Gasteiger charge is -2.33. The van der Waals surface area contributed by atoms with E-state index in [0.29, 0.717) is 18.8 Å². The van der Waals surface area contributed by atoms with E-state index in [4.69, 9.17) is 0 Å². The first-order valence-electron chi connectivity index (χ1n) is 15.3. The lowest BCUT2D eigenvalue weighted by atomic mass is 9.96. The quantitative estimate of drug-likeness (QED) is 0.299. The summed E-state index contributed by atoms with van der Waals surface area (Å²) in [5.74, 6) is -1.000. The maximum atomic E-state index is 13.7. The molecule has 1 unspecified atom stereocenters. The summed E-state index contributed by atoms with van der Waals surface area (Å²) in [6.45, 7) is 2.41. The van der Waals surface area contributed by atoms with E-state index in [1.807, 2.05) is 24.3 Å². The van der Waals surface area contributed by atoms with Crippen LogP contribution in [0.25, 0.3) is 10.8 Å². The van der Waals surface area contributed by atoms with Crippen LogP contribution < -0.4 is 20.3 Å². The fourth-order valence-electron chi connectivity index (χ4n) is 5.85. The summed E-state index contributed by atoms with van der Waals surface area (Å²) in [6.07, 6.45) is 7.69. The van der Waals surface area contributed by atoms with Gasteiger partial charge in [0.2, 0.25) is 27.7 Å². The van der Waals surface area contributed by atoms with Crippen LogP contribution in [0.5, 0.6) is 0 Å². The Kier molecular flexibility index (Phi) is 10.6. The molecule has 3 N–H and O–H groups in total. The summed E-state index contributed by atoms with van der Waals surface area (Å²) >= 11 is 0. The van der Waals surface area contributed by atoms with Gasteiger partial charge in [0.15, 0.2) is 0 Å². The number of piperidine rings is 2. The fourth-order valence-corrected chi connectivity index (χ4v) is 6.87. The van der Waals surface area contributed by atoms with E-state index in [0.717, 1.165) is 56.0 Å². The number of nitrogens with one attached hydrogen (secondary N) is 3. The number of nitrogens with zero attached hydrogens (tertiary/aromatic N) is 3. The molecular weight excluding hydrogens is 580 g/mol. The lowest BCUT2D eigenvalue weighted by molar-refractivity contribution is -0.137. The van der Waals surface area contributed by atoms with Crippen LogP contribution in [0.2, 0.25) is 0 Å². The molecule has 2 aliphatic rings. The first kappa shape index (κ1) is 31.6. The zero-order valence-corrected chi connectivity index (χ0v) is 25.6. The van der Waals surface area contributed by atoms with Crippen LogP contribution >= 0.6 is 0 Å². The van der Waals surface area contributed by atoms with Crippen molar-refractivity contribution < 1.29 is 22.8 Å². The van der Waals surface area contributed by atoms with E-state index in [9.17, 15) is 22.8 Å². The molecule has 234 valence electrons. The molecule has 3 amide bonds. The molecule has 1 aromatic heterocycles. The topological polar surface area (TPSA) is 141 Å². The molecule has 2 saturated heterocycles. The number of sulfonamides is 1. The number of likely N-dealkylation sites (tertiary alicyclic amines) is 1. The SMILES string of the molecule is O=C(CNS(=O)(=O)c1ccc2ccccc2c1)NC(CCN(C(=O)C1CCNCC1)c1ccncc1)C(=O)N1CCCCC1. The minimum atomic E-state index is -3.98. The number of hydrogen-bond donors (Lipinski definition) is 3. The third-order valence-corrected chi connectivity index (χ3v) is 9.72. The lowest BCUT2D eigenvalue weighted by Crippen LogP contribution is -2.53. The van der Waals surface area contributed by atoms with Gasteiger partial charge in [-0.05, 0) is 86.7 Å². The molecule has 0 spiro atoms. The average Bonchev–Trinajstić information content (AvgIpc) is 3.07. The number of hydrogen-bond acceptors (Lipinski definition) is 7. The summed E-state index contributed by atoms with van der Waals surface area (Å²) in [5.41, 5.74) is 0.683. The van der Waals surface area contributed by atoms with Gasteiger partial charge in [-0.1, -0.05) is 30.3 Å². The Hall–Kier alpha value is -3.87. The molecule has 3 heterocycles. The number of fused-ring (bicyclic) bond motifs is 1. The van der Waals surface area contributed by atoms with Crippen molar-refractivity contribution in [1.82, 2.24) is 25.2 Å². The number of carbonyl (C=O) groups excluding carboxylic acids is 3. The zero-order valence-electron chi connectivity index (χ0n) is 24.8. The molecule has 2 aromatic carbocycles. The van der Waals surface area contributed by atoms with Gasteiger partial charge in [-0.25, -0.2) is 13.1 Å². The third-order valence-electron chi connectivity index (χ3n) is 8.33. The highest BCUT2D eigenvalue weighted by Gasteiger charge is 2.31. The minimum absolute atomic E-state index is 0.0173. The number of amides is 3. The van der Waals surface area contributed by atoms with E-state index in [1.54, 1.807) is 46.5 Å². The number of pyridine rings is 1. The van der Waals surface area contributed by atoms with Gasteiger partial charge < -0.3 is 20.4 Å². The minimum Gasteiger partial charge on any atom is -0.343 e. The molecule has 44 heavy (non-hydrogen) atoms. The highest BCUT2D eigenvalue weighted by molar-refractivity contribution is 7.89. The second-order valence-electron chi connectivity index (χ2n) is 11.3. The largest absolute Gasteiger partial charge is 0.343 e. The van der Waals surface area contributed by atoms with Crippen molar-refractivity contribution in [3.8, 4) is 0 Å². The van der Waals surface area contributed by atoms with Crippen molar-refractivity contribution in [3.63, 3.8) is 0 Å². The summed E-state index contributed by atoms with van der Waals surface area (Å²) in [7, 11) is -3.98. The predicted octanol–water partition coefficient (Wildman–Crippen LogP) is 2.43. The second kappa shape index (κ2) is 14.7. The van der Waals surface area contributed by atoms with Gasteiger partial charge in [0, 0.05) is 43.6 Å². The van der Waals surface area contributed by atoms with Crippen LogP contribution in [-0.2, 0) is 24.4 Å². The van der Waals surface area contributed by atoms with E-state index in [2.05, 4.69) is 20.3 Å². The molecule has 0 radical (unpaired) electrons. The normalized spacial score (nSPS) is 16.8. The standard InChI is InChI=1S/C32H40N6O5S/c39-30(23-35-44(42,43)28-9-8-24-6-2-3-7-26(24)22-28)36-29(32(41)37-19-4-1-5-20-37)14-21-38(27-12-17-34-18-13-27)31(40)25-10-15-33-16-11-25/h2-3,6-9,12-13,17-18,22,25,29,33,35H,1,4-5,10-11,14-16,19-21,23H2,(H,36,39). The maximum absolute atomic E-state index is 13.7. The Balaban J connectivity index is 1.28. The average molecular weight is 621 g/mol. The molecule has 0 saturated carbocycles. The van der Waals surface area contributed by atoms with E-state index < -0.39 is 28.5 Å². The Morgan fingerprint density at radius 1 is 0.955 bits per heavy atom. The van der Waals surface area contributed by atoms with Crippen molar-refractivity contribution >= 4 is 44.2 Å². The smallest absolute Gasteiger partial charge is 0.245 e. The van der Waals surface area contributed by atoms with Crippen LogP contribution in [0.4, 0.5) is 5.69 Å². The van der Waals surface area contributed by atoms with Crippen LogP contribution in [0.15, 0.2) is 71.9 Å². The Labute approximate surface area is 258 Å². The van der Waals surface area contributed by atoms with Crippen LogP contribution in [0, 0.1) is 5.92 Å². The summed E-state index contributed by atoms with van der Waals surface area (Å²) in [6, 6.07) is 14.8. The molecule has 0 aliphatic carbocycles. The highest BCUT2D eigenvalue weighted by atomic mass is 32.2. The molecule has 5 rings (SSSR count). The summed E-state index contributed by atoms with van der Waals surface area (Å²) in [5, 5.41) is 7.73. The fraction of sp³-hybridized carbons (Fsp3) is 0.438. The molecular formula is C32H40N6O5S. The molecule has 11 nitrogen and oxygen atoms in total. The molecule has 1 atom stereocenters. The molecule has 2 fully saturated rings. The van der Waals surface area contributed by atoms with Gasteiger partial charge in [-0.15, -0.1) is 0 Å². The third kappa shape index (κ3) is 7.99. The number of aromatic nitrogens is 1. The first-order chi connectivity index (χ1) is 21.3. The molecule has 0 bridgehead atoms. The number of carbonyl (C=O) groups is 3. The van der Waals surface area contributed by atoms with Gasteiger partial charge in [0.1, 0.15) is 6.04 Å². The Morgan fingerprint density at radius 3 is 2.39 bits per heavy atom. The summed E-state index contributed by atoms with van der Waals surface area (Å²) in [4.78, 5) is 48.0. The van der Waals surface area contributed by atoms with Gasteiger partial charge >= 0.3 is 0 Å². The van der Waals surface area contributed by atoms with Crippen molar-refractivity contribution in [2.24, 2.45) is 5.92 Å². The van der Waals surface area contributed by atoms with Gasteiger partial charge in [0.05, 0.1) is 11.4 Å². The molecule has 2 aliphatic heterocycles. The van der Waals surface area contributed by atoms with Gasteiger partial charge in [-0.3, -0.25) is 19.4 Å². The molecule has 3 aromatic rings.